The quantitative estimate of drug-likeness (QED) is 0.181. The summed E-state index contributed by atoms with van der Waals surface area (Å²) in [5, 5.41) is 0.956. The van der Waals surface area contributed by atoms with E-state index in [1.54, 1.807) is 22.4 Å². The van der Waals surface area contributed by atoms with Crippen LogP contribution in [0.5, 0.6) is 5.75 Å². The lowest BCUT2D eigenvalue weighted by Gasteiger charge is -2.32. The molecule has 4 aliphatic rings. The highest BCUT2D eigenvalue weighted by atomic mass is 32.1. The molecular weight excluding hydrogens is 690 g/mol. The number of H-pyrrole nitrogens is 1. The Kier molecular flexibility index (Phi) is 7.97. The fourth-order valence-corrected chi connectivity index (χ4v) is 9.12. The zero-order valence-electron chi connectivity index (χ0n) is 31.4. The van der Waals surface area contributed by atoms with Crippen molar-refractivity contribution >= 4 is 40.9 Å². The van der Waals surface area contributed by atoms with Gasteiger partial charge in [-0.1, -0.05) is 18.6 Å². The summed E-state index contributed by atoms with van der Waals surface area (Å²) in [7, 11) is -0.512. The molecule has 2 saturated heterocycles. The Bertz CT molecular complexity index is 2230. The van der Waals surface area contributed by atoms with Crippen LogP contribution in [0, 0.1) is 5.82 Å². The van der Waals surface area contributed by atoms with Crippen LogP contribution in [0.4, 0.5) is 9.18 Å². The number of carbonyl (C=O) groups excluding carboxylic acids is 1. The van der Waals surface area contributed by atoms with Crippen molar-refractivity contribution in [2.75, 3.05) is 6.54 Å². The molecule has 1 amide bonds. The number of aromatic amines is 1. The third-order valence-electron chi connectivity index (χ3n) is 11.7. The Labute approximate surface area is 313 Å². The third-order valence-corrected chi connectivity index (χ3v) is 13.0. The van der Waals surface area contributed by atoms with E-state index in [-0.39, 0.29) is 18.0 Å². The van der Waals surface area contributed by atoms with Gasteiger partial charge in [-0.25, -0.2) is 14.2 Å². The molecule has 0 radical (unpaired) electrons. The zero-order chi connectivity index (χ0) is 37.0. The van der Waals surface area contributed by atoms with Gasteiger partial charge >= 0.3 is 13.2 Å². The minimum Gasteiger partial charge on any atom is -0.464 e. The molecule has 2 atom stereocenters. The van der Waals surface area contributed by atoms with Gasteiger partial charge in [-0.2, -0.15) is 0 Å². The maximum Gasteiger partial charge on any atom is 0.494 e. The van der Waals surface area contributed by atoms with Crippen LogP contribution in [0.2, 0.25) is 0 Å². The molecule has 276 valence electrons. The molecule has 6 heterocycles. The first-order valence-electron chi connectivity index (χ1n) is 18.8. The largest absolute Gasteiger partial charge is 0.494 e. The van der Waals surface area contributed by atoms with Crippen LogP contribution in [0.25, 0.3) is 33.4 Å². The van der Waals surface area contributed by atoms with E-state index in [0.29, 0.717) is 40.9 Å². The maximum atomic E-state index is 16.6. The summed E-state index contributed by atoms with van der Waals surface area (Å²) < 4.78 is 44.1. The third kappa shape index (κ3) is 5.88. The molecule has 1 saturated carbocycles. The number of nitrogens with one attached hydrogen (secondary N) is 1. The van der Waals surface area contributed by atoms with Gasteiger partial charge in [-0.05, 0) is 122 Å². The van der Waals surface area contributed by atoms with E-state index in [1.165, 1.54) is 30.2 Å². The lowest BCUT2D eigenvalue weighted by Crippen LogP contribution is -2.41. The van der Waals surface area contributed by atoms with Crippen LogP contribution >= 0.6 is 11.3 Å². The number of carbonyl (C=O) groups is 1. The number of hydrogen-bond donors (Lipinski definition) is 1. The van der Waals surface area contributed by atoms with Crippen molar-refractivity contribution in [2.45, 2.75) is 116 Å². The summed E-state index contributed by atoms with van der Waals surface area (Å²) in [5.74, 6) is 1.33. The van der Waals surface area contributed by atoms with Gasteiger partial charge < -0.3 is 23.8 Å². The average Bonchev–Trinajstić information content (AvgIpc) is 3.88. The summed E-state index contributed by atoms with van der Waals surface area (Å²) in [6, 6.07) is 15.9. The fourth-order valence-electron chi connectivity index (χ4n) is 7.92. The van der Waals surface area contributed by atoms with E-state index in [2.05, 4.69) is 72.6 Å². The normalized spacial score (nSPS) is 22.1. The Morgan fingerprint density at radius 1 is 1.00 bits per heavy atom. The van der Waals surface area contributed by atoms with Gasteiger partial charge in [0.1, 0.15) is 23.0 Å². The monoisotopic (exact) mass is 736 g/mol. The van der Waals surface area contributed by atoms with Crippen molar-refractivity contribution in [3.05, 3.63) is 76.1 Å². The Balaban J connectivity index is 1.10. The molecule has 3 aliphatic heterocycles. The highest BCUT2D eigenvalue weighted by Crippen LogP contribution is 2.49. The number of hydrogen-bond acceptors (Lipinski definition) is 7. The summed E-state index contributed by atoms with van der Waals surface area (Å²) in [4.78, 5) is 25.3. The maximum absolute atomic E-state index is 16.6. The number of amides is 1. The van der Waals surface area contributed by atoms with E-state index in [9.17, 15) is 4.79 Å². The Morgan fingerprint density at radius 3 is 2.47 bits per heavy atom. The number of aromatic nitrogens is 3. The summed E-state index contributed by atoms with van der Waals surface area (Å²) in [5.41, 5.74) is 2.78. The van der Waals surface area contributed by atoms with E-state index >= 15 is 4.39 Å². The fraction of sp³-hybridized carbons (Fsp3) is 0.463. The van der Waals surface area contributed by atoms with Crippen LogP contribution in [0.15, 0.2) is 54.7 Å². The predicted octanol–water partition coefficient (Wildman–Crippen LogP) is 9.48. The number of ether oxygens (including phenoxy) is 2. The molecule has 2 unspecified atom stereocenters. The van der Waals surface area contributed by atoms with Crippen molar-refractivity contribution in [1.29, 1.82) is 0 Å². The molecule has 1 N–H and O–H groups in total. The molecule has 1 aliphatic carbocycles. The summed E-state index contributed by atoms with van der Waals surface area (Å²) >= 11 is 1.79. The van der Waals surface area contributed by atoms with E-state index in [4.69, 9.17) is 18.8 Å². The molecule has 12 heteroatoms. The number of imidazole rings is 1. The van der Waals surface area contributed by atoms with Crippen LogP contribution < -0.4 is 10.2 Å². The van der Waals surface area contributed by atoms with Crippen LogP contribution in [0.3, 0.4) is 0 Å². The van der Waals surface area contributed by atoms with Crippen molar-refractivity contribution in [3.63, 3.8) is 0 Å². The van der Waals surface area contributed by atoms with Gasteiger partial charge in [0, 0.05) is 22.4 Å². The van der Waals surface area contributed by atoms with Crippen molar-refractivity contribution in [1.82, 2.24) is 19.4 Å². The number of likely N-dealkylation sites (tertiary alicyclic amines) is 1. The lowest BCUT2D eigenvalue weighted by molar-refractivity contribution is 0.00578. The van der Waals surface area contributed by atoms with Crippen molar-refractivity contribution in [2.24, 2.45) is 0 Å². The molecule has 53 heavy (non-hydrogen) atoms. The number of halogens is 1. The molecule has 3 aromatic heterocycles. The van der Waals surface area contributed by atoms with Crippen LogP contribution in [0.1, 0.15) is 114 Å². The van der Waals surface area contributed by atoms with Gasteiger partial charge in [-0.15, -0.1) is 11.3 Å². The second kappa shape index (κ2) is 12.2. The molecule has 0 spiro atoms. The number of rotatable bonds is 5. The van der Waals surface area contributed by atoms with E-state index in [1.807, 2.05) is 32.9 Å². The van der Waals surface area contributed by atoms with Crippen LogP contribution in [-0.2, 0) is 14.0 Å². The molecule has 0 bridgehead atoms. The van der Waals surface area contributed by atoms with Gasteiger partial charge in [0.25, 0.3) is 0 Å². The topological polar surface area (TPSA) is 90.8 Å². The van der Waals surface area contributed by atoms with Crippen LogP contribution in [-0.4, -0.2) is 56.0 Å². The molecule has 3 fully saturated rings. The first kappa shape index (κ1) is 34.6. The lowest BCUT2D eigenvalue weighted by atomic mass is 9.78. The van der Waals surface area contributed by atoms with Gasteiger partial charge in [-0.3, -0.25) is 9.47 Å². The zero-order valence-corrected chi connectivity index (χ0v) is 32.2. The van der Waals surface area contributed by atoms with Gasteiger partial charge in [0.15, 0.2) is 0 Å². The van der Waals surface area contributed by atoms with Crippen molar-refractivity contribution < 1.29 is 28.0 Å². The smallest absolute Gasteiger partial charge is 0.464 e. The molecule has 9 nitrogen and oxygen atoms in total. The number of fused-ring (bicyclic) bond motifs is 5. The molecule has 9 rings (SSSR count). The van der Waals surface area contributed by atoms with Gasteiger partial charge in [0.05, 0.1) is 50.8 Å². The molecular formula is C41H46BFN4O5S. The second-order valence-electron chi connectivity index (χ2n) is 17.0. The van der Waals surface area contributed by atoms with E-state index in [0.717, 1.165) is 39.8 Å². The molecule has 5 aromatic rings. The average molecular weight is 737 g/mol. The number of nitrogens with zero attached hydrogens (tertiary/aromatic N) is 3. The standard InChI is InChI=1S/C41H46BFN4O5S/c1-39(2,3)50-38(48)46-17-9-12-30(46)36-44-22-28(45-36)24-19-27(43)35-31-20-25-18-26(42-51-40(4,5)41(6,7)52-42)13-14-29(25)47(31)37(49-32(35)21-24)34-16-15-33(53-34)23-10-8-11-23/h13-16,18-23,30,37H,8-12,17H2,1-7H3,(H,44,45). The highest BCUT2D eigenvalue weighted by molar-refractivity contribution is 7.12. The van der Waals surface area contributed by atoms with Gasteiger partial charge in [0.2, 0.25) is 6.23 Å². The minimum absolute atomic E-state index is 0.247. The predicted molar refractivity (Wildman–Crippen MR) is 205 cm³/mol. The summed E-state index contributed by atoms with van der Waals surface area (Å²) in [6.07, 6.45) is 6.17. The number of benzene rings is 2. The Morgan fingerprint density at radius 2 is 1.75 bits per heavy atom. The van der Waals surface area contributed by atoms with Crippen molar-refractivity contribution in [3.8, 4) is 28.3 Å². The summed E-state index contributed by atoms with van der Waals surface area (Å²) in [6.45, 7) is 14.4. The number of thiophene rings is 1. The first-order chi connectivity index (χ1) is 25.2. The Hall–Kier alpha value is -4.13. The minimum atomic E-state index is -0.597. The highest BCUT2D eigenvalue weighted by Gasteiger charge is 2.52. The second-order valence-corrected chi connectivity index (χ2v) is 18.1. The van der Waals surface area contributed by atoms with E-state index < -0.39 is 30.1 Å². The first-order valence-corrected chi connectivity index (χ1v) is 19.6. The SMILES string of the molecule is CC(C)(C)OC(=O)N1CCCC1c1ncc(-c2cc(F)c3c(c2)OC(c2ccc(C4CCC4)s2)n2c-3cc3cc(B4OC(C)(C)C(C)(C)O4)ccc32)[nH]1. The molecule has 2 aromatic carbocycles.